The molecule has 8 heteroatoms. The maximum atomic E-state index is 12.2. The molecule has 0 aliphatic carbocycles. The van der Waals surface area contributed by atoms with Gasteiger partial charge in [-0.05, 0) is 30.3 Å². The number of nitrogens with one attached hydrogen (secondary N) is 1. The number of carbonyl (C=O) groups is 3. The number of cyclic esters (lactones) is 1. The van der Waals surface area contributed by atoms with E-state index >= 15 is 0 Å². The van der Waals surface area contributed by atoms with Gasteiger partial charge in [0.05, 0.1) is 18.8 Å². The van der Waals surface area contributed by atoms with Crippen LogP contribution in [0.2, 0.25) is 0 Å². The van der Waals surface area contributed by atoms with Gasteiger partial charge in [-0.15, -0.1) is 0 Å². The van der Waals surface area contributed by atoms with Crippen molar-refractivity contribution in [1.29, 1.82) is 0 Å². The number of amides is 2. The first kappa shape index (κ1) is 16.9. The molecule has 27 heavy (non-hydrogen) atoms. The smallest absolute Gasteiger partial charge is 0.414 e. The molecule has 2 aliphatic heterocycles. The Morgan fingerprint density at radius 3 is 2.56 bits per heavy atom. The lowest BCUT2D eigenvalue weighted by Crippen LogP contribution is -2.33. The number of rotatable bonds is 4. The van der Waals surface area contributed by atoms with Crippen molar-refractivity contribution in [2.24, 2.45) is 0 Å². The van der Waals surface area contributed by atoms with Gasteiger partial charge in [0.15, 0.2) is 23.0 Å². The maximum absolute atomic E-state index is 12.2. The largest absolute Gasteiger partial charge is 0.449 e. The molecular weight excluding hydrogens is 352 g/mol. The topological polar surface area (TPSA) is 94.2 Å². The number of ether oxygens (including phenoxy) is 3. The number of hydrogen-bond donors (Lipinski definition) is 1. The van der Waals surface area contributed by atoms with Crippen LogP contribution in [0.1, 0.15) is 17.3 Å². The molecule has 1 fully saturated rings. The molecule has 0 radical (unpaired) electrons. The summed E-state index contributed by atoms with van der Waals surface area (Å²) < 4.78 is 16.9. The first-order chi connectivity index (χ1) is 13.0. The third kappa shape index (κ3) is 3.29. The van der Waals surface area contributed by atoms with E-state index in [9.17, 15) is 14.4 Å². The second kappa shape index (κ2) is 6.64. The molecule has 2 aliphatic rings. The van der Waals surface area contributed by atoms with Crippen molar-refractivity contribution in [3.8, 4) is 23.0 Å². The van der Waals surface area contributed by atoms with Crippen LogP contribution in [0.15, 0.2) is 36.4 Å². The van der Waals surface area contributed by atoms with E-state index in [1.807, 2.05) is 0 Å². The van der Waals surface area contributed by atoms with Crippen LogP contribution in [0, 0.1) is 0 Å². The molecule has 0 saturated carbocycles. The zero-order valence-electron chi connectivity index (χ0n) is 14.4. The standard InChI is InChI=1S/C19H16N2O6/c1-11(23)20-8-14-9-21(19(24)25-14)13-3-5-16-18(7-13)27-15-4-2-12(10-22)6-17(15)26-16/h2-7,10,14H,8-9H2,1H3,(H,20,23)/t14-/m0/s1. The van der Waals surface area contributed by atoms with Crippen molar-refractivity contribution in [2.45, 2.75) is 13.0 Å². The van der Waals surface area contributed by atoms with Gasteiger partial charge in [0.1, 0.15) is 12.4 Å². The maximum Gasteiger partial charge on any atom is 0.414 e. The van der Waals surface area contributed by atoms with Gasteiger partial charge in [0.25, 0.3) is 0 Å². The van der Waals surface area contributed by atoms with Crippen molar-refractivity contribution in [2.75, 3.05) is 18.0 Å². The lowest BCUT2D eigenvalue weighted by atomic mass is 10.2. The molecule has 0 aromatic heterocycles. The van der Waals surface area contributed by atoms with E-state index < -0.39 is 12.2 Å². The van der Waals surface area contributed by atoms with Gasteiger partial charge < -0.3 is 19.5 Å². The molecule has 138 valence electrons. The van der Waals surface area contributed by atoms with E-state index in [1.165, 1.54) is 11.8 Å². The summed E-state index contributed by atoms with van der Waals surface area (Å²) in [6.07, 6.45) is -0.173. The highest BCUT2D eigenvalue weighted by Gasteiger charge is 2.33. The first-order valence-electron chi connectivity index (χ1n) is 8.35. The Labute approximate surface area is 154 Å². The van der Waals surface area contributed by atoms with Gasteiger partial charge in [0.2, 0.25) is 5.91 Å². The molecule has 2 heterocycles. The van der Waals surface area contributed by atoms with Crippen LogP contribution in [0.4, 0.5) is 10.5 Å². The van der Waals surface area contributed by atoms with Crippen molar-refractivity contribution in [3.05, 3.63) is 42.0 Å². The summed E-state index contributed by atoms with van der Waals surface area (Å²) in [6, 6.07) is 9.99. The zero-order valence-corrected chi connectivity index (χ0v) is 14.4. The van der Waals surface area contributed by atoms with E-state index in [0.717, 1.165) is 6.29 Å². The predicted molar refractivity (Wildman–Crippen MR) is 94.7 cm³/mol. The quantitative estimate of drug-likeness (QED) is 0.712. The highest BCUT2D eigenvalue weighted by Crippen LogP contribution is 2.46. The molecule has 0 bridgehead atoms. The fraction of sp³-hybridized carbons (Fsp3) is 0.211. The van der Waals surface area contributed by atoms with Gasteiger partial charge in [-0.2, -0.15) is 0 Å². The number of nitrogens with zero attached hydrogens (tertiary/aromatic N) is 1. The number of hydrogen-bond acceptors (Lipinski definition) is 6. The number of anilines is 1. The van der Waals surface area contributed by atoms with E-state index in [-0.39, 0.29) is 12.5 Å². The Morgan fingerprint density at radius 1 is 1.15 bits per heavy atom. The predicted octanol–water partition coefficient (Wildman–Crippen LogP) is 2.86. The summed E-state index contributed by atoms with van der Waals surface area (Å²) in [5.41, 5.74) is 1.09. The Bertz CT molecular complexity index is 942. The minimum absolute atomic E-state index is 0.180. The summed E-state index contributed by atoms with van der Waals surface area (Å²) >= 11 is 0. The van der Waals surface area contributed by atoms with Crippen LogP contribution in [0.3, 0.4) is 0 Å². The lowest BCUT2D eigenvalue weighted by Gasteiger charge is -2.22. The number of fused-ring (bicyclic) bond motifs is 2. The summed E-state index contributed by atoms with van der Waals surface area (Å²) in [6.45, 7) is 1.98. The third-order valence-corrected chi connectivity index (χ3v) is 4.24. The Morgan fingerprint density at radius 2 is 1.85 bits per heavy atom. The summed E-state index contributed by atoms with van der Waals surface area (Å²) in [7, 11) is 0. The Hall–Kier alpha value is -3.55. The molecule has 1 N–H and O–H groups in total. The lowest BCUT2D eigenvalue weighted by molar-refractivity contribution is -0.119. The van der Waals surface area contributed by atoms with Crippen LogP contribution in [-0.4, -0.2) is 37.5 Å². The van der Waals surface area contributed by atoms with E-state index in [1.54, 1.807) is 36.4 Å². The van der Waals surface area contributed by atoms with E-state index in [0.29, 0.717) is 40.8 Å². The monoisotopic (exact) mass is 368 g/mol. The van der Waals surface area contributed by atoms with Crippen LogP contribution >= 0.6 is 0 Å². The van der Waals surface area contributed by atoms with Crippen LogP contribution in [0.5, 0.6) is 23.0 Å². The van der Waals surface area contributed by atoms with Gasteiger partial charge in [-0.1, -0.05) is 0 Å². The summed E-state index contributed by atoms with van der Waals surface area (Å²) in [4.78, 5) is 35.5. The number of aldehydes is 1. The number of carbonyl (C=O) groups excluding carboxylic acids is 3. The molecule has 4 rings (SSSR count). The van der Waals surface area contributed by atoms with Crippen LogP contribution in [0.25, 0.3) is 0 Å². The van der Waals surface area contributed by atoms with E-state index in [4.69, 9.17) is 14.2 Å². The van der Waals surface area contributed by atoms with E-state index in [2.05, 4.69) is 5.32 Å². The average molecular weight is 368 g/mol. The molecular formula is C19H16N2O6. The minimum Gasteiger partial charge on any atom is -0.449 e. The van der Waals surface area contributed by atoms with Gasteiger partial charge in [-0.3, -0.25) is 14.5 Å². The average Bonchev–Trinajstić information content (AvgIpc) is 3.04. The van der Waals surface area contributed by atoms with Crippen molar-refractivity contribution >= 4 is 24.0 Å². The highest BCUT2D eigenvalue weighted by molar-refractivity contribution is 5.90. The second-order valence-corrected chi connectivity index (χ2v) is 6.21. The molecule has 0 spiro atoms. The summed E-state index contributed by atoms with van der Waals surface area (Å²) in [5.74, 6) is 1.70. The van der Waals surface area contributed by atoms with Gasteiger partial charge >= 0.3 is 6.09 Å². The van der Waals surface area contributed by atoms with Gasteiger partial charge in [0, 0.05) is 18.6 Å². The third-order valence-electron chi connectivity index (χ3n) is 4.24. The molecule has 0 unspecified atom stereocenters. The molecule has 2 aromatic rings. The number of benzene rings is 2. The fourth-order valence-corrected chi connectivity index (χ4v) is 2.92. The summed E-state index contributed by atoms with van der Waals surface area (Å²) in [5, 5.41) is 2.64. The normalized spacial score (nSPS) is 17.1. The molecule has 2 aromatic carbocycles. The molecule has 8 nitrogen and oxygen atoms in total. The molecule has 1 atom stereocenters. The SMILES string of the molecule is CC(=O)NC[C@H]1CN(c2ccc3c(c2)Oc2ccc(C=O)cc2O3)C(=O)O1. The molecule has 2 amide bonds. The minimum atomic E-state index is -0.488. The Kier molecular flexibility index (Phi) is 4.15. The first-order valence-corrected chi connectivity index (χ1v) is 8.35. The van der Waals surface area contributed by atoms with Crippen LogP contribution in [-0.2, 0) is 9.53 Å². The fourth-order valence-electron chi connectivity index (χ4n) is 2.92. The van der Waals surface area contributed by atoms with Crippen molar-refractivity contribution in [1.82, 2.24) is 5.32 Å². The molecule has 1 saturated heterocycles. The van der Waals surface area contributed by atoms with Crippen molar-refractivity contribution in [3.63, 3.8) is 0 Å². The zero-order chi connectivity index (χ0) is 19.0. The van der Waals surface area contributed by atoms with Gasteiger partial charge in [-0.25, -0.2) is 4.79 Å². The van der Waals surface area contributed by atoms with Crippen LogP contribution < -0.4 is 19.7 Å². The Balaban J connectivity index is 1.53. The highest BCUT2D eigenvalue weighted by atomic mass is 16.6. The second-order valence-electron chi connectivity index (χ2n) is 6.21. The van der Waals surface area contributed by atoms with Crippen molar-refractivity contribution < 1.29 is 28.6 Å².